The van der Waals surface area contributed by atoms with Crippen molar-refractivity contribution in [2.75, 3.05) is 7.05 Å². The van der Waals surface area contributed by atoms with E-state index in [1.807, 2.05) is 44.3 Å². The predicted molar refractivity (Wildman–Crippen MR) is 54.2 cm³/mol. The molecule has 0 aliphatic heterocycles. The van der Waals surface area contributed by atoms with Gasteiger partial charge in [-0.15, -0.1) is 0 Å². The van der Waals surface area contributed by atoms with E-state index in [1.165, 1.54) is 0 Å². The number of carbonyl (C=O) groups is 1. The maximum Gasteiger partial charge on any atom is 0.152 e. The van der Waals surface area contributed by atoms with Crippen LogP contribution in [0.4, 0.5) is 0 Å². The van der Waals surface area contributed by atoms with E-state index in [-0.39, 0.29) is 0 Å². The molecule has 68 valence electrons. The number of allylic oxidation sites excluding steroid dienone is 2. The van der Waals surface area contributed by atoms with E-state index in [0.717, 1.165) is 17.5 Å². The Balaban J connectivity index is 3.12. The second kappa shape index (κ2) is 4.45. The van der Waals surface area contributed by atoms with Gasteiger partial charge in [-0.2, -0.15) is 0 Å². The van der Waals surface area contributed by atoms with Crippen LogP contribution in [0.25, 0.3) is 5.57 Å². The molecule has 2 nitrogen and oxygen atoms in total. The summed E-state index contributed by atoms with van der Waals surface area (Å²) in [6.07, 6.45) is 0.876. The summed E-state index contributed by atoms with van der Waals surface area (Å²) >= 11 is 0. The van der Waals surface area contributed by atoms with Crippen LogP contribution >= 0.6 is 0 Å². The van der Waals surface area contributed by atoms with Crippen LogP contribution in [-0.4, -0.2) is 13.3 Å². The molecule has 0 saturated heterocycles. The molecule has 0 spiro atoms. The fourth-order valence-electron chi connectivity index (χ4n) is 1.13. The number of hydrogen-bond acceptors (Lipinski definition) is 2. The molecule has 13 heavy (non-hydrogen) atoms. The van der Waals surface area contributed by atoms with E-state index in [4.69, 9.17) is 0 Å². The van der Waals surface area contributed by atoms with Crippen LogP contribution in [-0.2, 0) is 4.79 Å². The smallest absolute Gasteiger partial charge is 0.152 e. The standard InChI is InChI=1S/C11H13NO/c1-9(12-2)11(8-13)10-6-4-3-5-7-10/h3-8,12H,1-2H3. The van der Waals surface area contributed by atoms with Crippen molar-refractivity contribution >= 4 is 11.9 Å². The monoisotopic (exact) mass is 175 g/mol. The summed E-state index contributed by atoms with van der Waals surface area (Å²) in [5.41, 5.74) is 2.55. The Bertz CT molecular complexity index is 314. The zero-order valence-corrected chi connectivity index (χ0v) is 7.87. The van der Waals surface area contributed by atoms with Crippen molar-refractivity contribution in [3.63, 3.8) is 0 Å². The average molecular weight is 175 g/mol. The predicted octanol–water partition coefficient (Wildman–Crippen LogP) is 1.84. The summed E-state index contributed by atoms with van der Waals surface area (Å²) in [4.78, 5) is 10.8. The summed E-state index contributed by atoms with van der Waals surface area (Å²) in [6, 6.07) is 9.61. The third-order valence-corrected chi connectivity index (χ3v) is 1.98. The molecule has 0 aliphatic carbocycles. The van der Waals surface area contributed by atoms with Crippen molar-refractivity contribution < 1.29 is 4.79 Å². The average Bonchev–Trinajstić information content (AvgIpc) is 2.20. The highest BCUT2D eigenvalue weighted by atomic mass is 16.1. The highest BCUT2D eigenvalue weighted by Gasteiger charge is 2.01. The van der Waals surface area contributed by atoms with Gasteiger partial charge < -0.3 is 5.32 Å². The topological polar surface area (TPSA) is 29.1 Å². The first-order valence-corrected chi connectivity index (χ1v) is 4.19. The third kappa shape index (κ3) is 2.18. The van der Waals surface area contributed by atoms with Gasteiger partial charge in [-0.25, -0.2) is 0 Å². The zero-order valence-electron chi connectivity index (χ0n) is 7.87. The van der Waals surface area contributed by atoms with Crippen molar-refractivity contribution in [1.82, 2.24) is 5.32 Å². The molecule has 0 aromatic heterocycles. The maximum atomic E-state index is 10.8. The molecule has 0 saturated carbocycles. The lowest BCUT2D eigenvalue weighted by atomic mass is 10.1. The number of rotatable bonds is 3. The number of hydrogen-bond donors (Lipinski definition) is 1. The van der Waals surface area contributed by atoms with Crippen LogP contribution < -0.4 is 5.32 Å². The summed E-state index contributed by atoms with van der Waals surface area (Å²) in [5.74, 6) is 0. The second-order valence-corrected chi connectivity index (χ2v) is 2.77. The minimum Gasteiger partial charge on any atom is -0.391 e. The fourth-order valence-corrected chi connectivity index (χ4v) is 1.13. The summed E-state index contributed by atoms with van der Waals surface area (Å²) < 4.78 is 0. The molecule has 1 N–H and O–H groups in total. The van der Waals surface area contributed by atoms with Crippen LogP contribution in [0.3, 0.4) is 0 Å². The zero-order chi connectivity index (χ0) is 9.68. The molecule has 1 rings (SSSR count). The van der Waals surface area contributed by atoms with Crippen LogP contribution in [0.5, 0.6) is 0 Å². The van der Waals surface area contributed by atoms with E-state index >= 15 is 0 Å². The fraction of sp³-hybridized carbons (Fsp3) is 0.182. The number of benzene rings is 1. The molecular formula is C11H13NO. The summed E-state index contributed by atoms with van der Waals surface area (Å²) in [7, 11) is 1.81. The van der Waals surface area contributed by atoms with Crippen LogP contribution in [0.1, 0.15) is 12.5 Å². The maximum absolute atomic E-state index is 10.8. The summed E-state index contributed by atoms with van der Waals surface area (Å²) in [6.45, 7) is 1.89. The van der Waals surface area contributed by atoms with Crippen molar-refractivity contribution in [2.45, 2.75) is 6.92 Å². The Kier molecular flexibility index (Phi) is 3.26. The normalized spacial score (nSPS) is 11.8. The molecule has 0 amide bonds. The molecule has 0 heterocycles. The quantitative estimate of drug-likeness (QED) is 0.561. The van der Waals surface area contributed by atoms with E-state index in [0.29, 0.717) is 5.57 Å². The Morgan fingerprint density at radius 2 is 1.92 bits per heavy atom. The first kappa shape index (κ1) is 9.52. The van der Waals surface area contributed by atoms with Gasteiger partial charge in [-0.1, -0.05) is 30.3 Å². The van der Waals surface area contributed by atoms with E-state index < -0.39 is 0 Å². The van der Waals surface area contributed by atoms with Gasteiger partial charge in [0.05, 0.1) is 0 Å². The van der Waals surface area contributed by atoms with E-state index in [9.17, 15) is 4.79 Å². The molecule has 1 aromatic rings. The number of carbonyl (C=O) groups excluding carboxylic acids is 1. The lowest BCUT2D eigenvalue weighted by Crippen LogP contribution is -2.05. The SMILES string of the molecule is CNC(C)=C(C=O)c1ccccc1. The Morgan fingerprint density at radius 1 is 1.31 bits per heavy atom. The van der Waals surface area contributed by atoms with Gasteiger partial charge in [0.2, 0.25) is 0 Å². The molecule has 0 fully saturated rings. The lowest BCUT2D eigenvalue weighted by molar-refractivity contribution is -0.103. The molecule has 0 bridgehead atoms. The van der Waals surface area contributed by atoms with Crippen LogP contribution in [0, 0.1) is 0 Å². The van der Waals surface area contributed by atoms with Gasteiger partial charge in [-0.3, -0.25) is 4.79 Å². The summed E-state index contributed by atoms with van der Waals surface area (Å²) in [5, 5.41) is 2.96. The van der Waals surface area contributed by atoms with Gasteiger partial charge in [0.25, 0.3) is 0 Å². The van der Waals surface area contributed by atoms with Gasteiger partial charge in [0.15, 0.2) is 6.29 Å². The highest BCUT2D eigenvalue weighted by molar-refractivity contribution is 6.07. The first-order chi connectivity index (χ1) is 6.29. The van der Waals surface area contributed by atoms with Gasteiger partial charge in [-0.05, 0) is 12.5 Å². The number of nitrogens with one attached hydrogen (secondary N) is 1. The van der Waals surface area contributed by atoms with Crippen LogP contribution in [0.15, 0.2) is 36.0 Å². The molecule has 1 aromatic carbocycles. The number of aldehydes is 1. The Labute approximate surface area is 78.3 Å². The van der Waals surface area contributed by atoms with E-state index in [1.54, 1.807) is 0 Å². The second-order valence-electron chi connectivity index (χ2n) is 2.77. The lowest BCUT2D eigenvalue weighted by Gasteiger charge is -2.05. The van der Waals surface area contributed by atoms with E-state index in [2.05, 4.69) is 5.32 Å². The van der Waals surface area contributed by atoms with Gasteiger partial charge >= 0.3 is 0 Å². The Hall–Kier alpha value is -1.57. The van der Waals surface area contributed by atoms with Gasteiger partial charge in [0, 0.05) is 18.3 Å². The molecule has 0 atom stereocenters. The van der Waals surface area contributed by atoms with Crippen molar-refractivity contribution in [3.05, 3.63) is 41.6 Å². The van der Waals surface area contributed by atoms with Crippen molar-refractivity contribution in [2.24, 2.45) is 0 Å². The first-order valence-electron chi connectivity index (χ1n) is 4.19. The minimum atomic E-state index is 0.711. The molecule has 2 heteroatoms. The third-order valence-electron chi connectivity index (χ3n) is 1.98. The molecule has 0 radical (unpaired) electrons. The molecular weight excluding hydrogens is 162 g/mol. The minimum absolute atomic E-state index is 0.711. The van der Waals surface area contributed by atoms with Crippen molar-refractivity contribution in [1.29, 1.82) is 0 Å². The molecule has 0 aliphatic rings. The molecule has 0 unspecified atom stereocenters. The highest BCUT2D eigenvalue weighted by Crippen LogP contribution is 2.13. The van der Waals surface area contributed by atoms with Crippen LogP contribution in [0.2, 0.25) is 0 Å². The Morgan fingerprint density at radius 3 is 2.38 bits per heavy atom. The van der Waals surface area contributed by atoms with Gasteiger partial charge in [0.1, 0.15) is 0 Å². The largest absolute Gasteiger partial charge is 0.391 e. The van der Waals surface area contributed by atoms with Crippen molar-refractivity contribution in [3.8, 4) is 0 Å².